The van der Waals surface area contributed by atoms with Gasteiger partial charge in [0.25, 0.3) is 0 Å². The van der Waals surface area contributed by atoms with Crippen LogP contribution in [0.2, 0.25) is 0 Å². The molecule has 0 radical (unpaired) electrons. The molecule has 1 aromatic carbocycles. The number of amides is 1. The smallest absolute Gasteiger partial charge is 0.246 e. The van der Waals surface area contributed by atoms with Crippen molar-refractivity contribution in [3.05, 3.63) is 42.5 Å². The number of aliphatic hydroxyl groups is 5. The first-order valence-electron chi connectivity index (χ1n) is 10.9. The van der Waals surface area contributed by atoms with Gasteiger partial charge in [0.05, 0.1) is 39.6 Å². The molecule has 1 aromatic rings. The van der Waals surface area contributed by atoms with Gasteiger partial charge in [0.1, 0.15) is 36.8 Å². The first-order valence-corrected chi connectivity index (χ1v) is 10.9. The van der Waals surface area contributed by atoms with E-state index in [1.807, 2.05) is 0 Å². The van der Waals surface area contributed by atoms with Gasteiger partial charge in [0, 0.05) is 20.2 Å². The minimum absolute atomic E-state index is 0.0970. The summed E-state index contributed by atoms with van der Waals surface area (Å²) in [7, 11) is 1.61. The molecule has 5 N–H and O–H groups in total. The highest BCUT2D eigenvalue weighted by atomic mass is 16.6. The highest BCUT2D eigenvalue weighted by Gasteiger charge is 2.31. The maximum Gasteiger partial charge on any atom is 0.246 e. The van der Waals surface area contributed by atoms with Crippen molar-refractivity contribution >= 4 is 5.91 Å². The summed E-state index contributed by atoms with van der Waals surface area (Å²) in [6.45, 7) is 5.16. The number of hydrogen-bond donors (Lipinski definition) is 5. The molecule has 0 spiro atoms. The number of aliphatic hydroxyl groups excluding tert-OH is 5. The number of methoxy groups -OCH3 is 1. The average molecular weight is 488 g/mol. The third kappa shape index (κ3) is 11.4. The Bertz CT molecular complexity index is 687. The van der Waals surface area contributed by atoms with Crippen LogP contribution in [0.3, 0.4) is 0 Å². The van der Waals surface area contributed by atoms with E-state index in [-0.39, 0.29) is 13.1 Å². The number of carbonyl (C=O) groups excluding carboxylic acids is 1. The monoisotopic (exact) mass is 487 g/mol. The van der Waals surface area contributed by atoms with E-state index in [2.05, 4.69) is 6.58 Å². The van der Waals surface area contributed by atoms with E-state index in [1.54, 1.807) is 31.4 Å². The molecule has 1 amide bonds. The Morgan fingerprint density at radius 1 is 0.941 bits per heavy atom. The summed E-state index contributed by atoms with van der Waals surface area (Å²) in [6, 6.07) is 6.95. The number of benzene rings is 1. The summed E-state index contributed by atoms with van der Waals surface area (Å²) in [5, 5.41) is 48.3. The molecule has 0 fully saturated rings. The lowest BCUT2D eigenvalue weighted by Gasteiger charge is -2.30. The Morgan fingerprint density at radius 2 is 1.50 bits per heavy atom. The van der Waals surface area contributed by atoms with Gasteiger partial charge >= 0.3 is 0 Å². The van der Waals surface area contributed by atoms with Gasteiger partial charge in [-0.1, -0.05) is 18.7 Å². The molecule has 11 heteroatoms. The topological polar surface area (TPSA) is 158 Å². The lowest BCUT2D eigenvalue weighted by Crippen LogP contribution is -2.50. The Balaban J connectivity index is 2.50. The van der Waals surface area contributed by atoms with E-state index >= 15 is 0 Å². The van der Waals surface area contributed by atoms with Crippen LogP contribution in [0, 0.1) is 0 Å². The van der Waals surface area contributed by atoms with Gasteiger partial charge in [0.15, 0.2) is 0 Å². The van der Waals surface area contributed by atoms with E-state index in [1.165, 1.54) is 4.90 Å². The van der Waals surface area contributed by atoms with Crippen LogP contribution in [0.4, 0.5) is 0 Å². The number of rotatable bonds is 19. The van der Waals surface area contributed by atoms with Crippen molar-refractivity contribution in [3.8, 4) is 5.75 Å². The lowest BCUT2D eigenvalue weighted by atomic mass is 10.0. The van der Waals surface area contributed by atoms with Crippen molar-refractivity contribution in [1.82, 2.24) is 4.90 Å². The maximum atomic E-state index is 12.2. The zero-order chi connectivity index (χ0) is 25.3. The second-order valence-electron chi connectivity index (χ2n) is 7.43. The highest BCUT2D eigenvalue weighted by molar-refractivity contribution is 5.87. The fraction of sp³-hybridized carbons (Fsp3) is 0.609. The molecule has 0 saturated carbocycles. The van der Waals surface area contributed by atoms with Gasteiger partial charge in [-0.3, -0.25) is 4.79 Å². The van der Waals surface area contributed by atoms with E-state index in [4.69, 9.17) is 24.1 Å². The molecule has 194 valence electrons. The molecule has 0 saturated heterocycles. The maximum absolute atomic E-state index is 12.2. The Kier molecular flexibility index (Phi) is 15.3. The predicted octanol–water partition coefficient (Wildman–Crippen LogP) is -1.30. The number of hydrogen-bond acceptors (Lipinski definition) is 10. The van der Waals surface area contributed by atoms with Gasteiger partial charge in [-0.05, 0) is 23.8 Å². The molecule has 1 rings (SSSR count). The summed E-state index contributed by atoms with van der Waals surface area (Å²) >= 11 is 0. The molecule has 0 aromatic heterocycles. The molecule has 11 nitrogen and oxygen atoms in total. The first kappa shape index (κ1) is 29.9. The van der Waals surface area contributed by atoms with E-state index in [9.17, 15) is 25.2 Å². The summed E-state index contributed by atoms with van der Waals surface area (Å²) in [6.07, 6.45) is -5.66. The van der Waals surface area contributed by atoms with Crippen LogP contribution in [0.25, 0.3) is 0 Å². The Morgan fingerprint density at radius 3 is 2.06 bits per heavy atom. The molecule has 0 aliphatic heterocycles. The van der Waals surface area contributed by atoms with Crippen molar-refractivity contribution in [3.63, 3.8) is 0 Å². The molecule has 4 atom stereocenters. The summed E-state index contributed by atoms with van der Waals surface area (Å²) in [5.74, 6) is 0.119. The van der Waals surface area contributed by atoms with Crippen molar-refractivity contribution in [2.24, 2.45) is 0 Å². The quantitative estimate of drug-likeness (QED) is 0.117. The second-order valence-corrected chi connectivity index (χ2v) is 7.43. The third-order valence-corrected chi connectivity index (χ3v) is 4.82. The predicted molar refractivity (Wildman–Crippen MR) is 122 cm³/mol. The number of nitrogens with zero attached hydrogens (tertiary/aromatic N) is 1. The first-order chi connectivity index (χ1) is 16.3. The molecule has 4 unspecified atom stereocenters. The van der Waals surface area contributed by atoms with Crippen LogP contribution in [0.5, 0.6) is 5.75 Å². The minimum Gasteiger partial charge on any atom is -0.491 e. The van der Waals surface area contributed by atoms with Crippen LogP contribution in [0.1, 0.15) is 5.56 Å². The van der Waals surface area contributed by atoms with Gasteiger partial charge in [-0.25, -0.2) is 0 Å². The molecule has 0 aliphatic carbocycles. The zero-order valence-electron chi connectivity index (χ0n) is 19.5. The Labute approximate surface area is 199 Å². The largest absolute Gasteiger partial charge is 0.491 e. The minimum atomic E-state index is -1.77. The number of carbonyl (C=O) groups is 1. The van der Waals surface area contributed by atoms with Crippen molar-refractivity contribution in [1.29, 1.82) is 0 Å². The second kappa shape index (κ2) is 17.4. The standard InChI is InChI=1S/C23H37NO10/c1-3-21(28)24(15-19(26)22(29)23(30)20(27)16-25)14-17-4-6-18(7-5-17)34-13-12-33-11-10-32-9-8-31-2/h3-7,19-20,22-23,25-27,29-30H,1,8-16H2,2H3. The summed E-state index contributed by atoms with van der Waals surface area (Å²) < 4.78 is 21.2. The molecule has 34 heavy (non-hydrogen) atoms. The zero-order valence-corrected chi connectivity index (χ0v) is 19.5. The van der Waals surface area contributed by atoms with Crippen molar-refractivity contribution in [2.75, 3.05) is 59.9 Å². The van der Waals surface area contributed by atoms with Crippen LogP contribution in [0.15, 0.2) is 36.9 Å². The molecule has 0 heterocycles. The summed E-state index contributed by atoms with van der Waals surface area (Å²) in [5.41, 5.74) is 0.727. The van der Waals surface area contributed by atoms with Crippen molar-refractivity contribution < 1.29 is 49.3 Å². The van der Waals surface area contributed by atoms with E-state index in [0.29, 0.717) is 45.4 Å². The SMILES string of the molecule is C=CC(=O)N(Cc1ccc(OCCOCCOCCOC)cc1)CC(O)C(O)C(O)C(O)CO. The fourth-order valence-corrected chi connectivity index (χ4v) is 2.85. The Hall–Kier alpha value is -2.09. The van der Waals surface area contributed by atoms with Crippen LogP contribution >= 0.6 is 0 Å². The fourth-order valence-electron chi connectivity index (χ4n) is 2.85. The number of ether oxygens (including phenoxy) is 4. The van der Waals surface area contributed by atoms with E-state index < -0.39 is 36.9 Å². The van der Waals surface area contributed by atoms with Gasteiger partial charge in [-0.2, -0.15) is 0 Å². The van der Waals surface area contributed by atoms with E-state index in [0.717, 1.165) is 11.6 Å². The van der Waals surface area contributed by atoms with Crippen LogP contribution < -0.4 is 4.74 Å². The lowest BCUT2D eigenvalue weighted by molar-refractivity contribution is -0.136. The van der Waals surface area contributed by atoms with Gasteiger partial charge in [0.2, 0.25) is 5.91 Å². The summed E-state index contributed by atoms with van der Waals surface area (Å²) in [4.78, 5) is 13.4. The molecule has 0 bridgehead atoms. The average Bonchev–Trinajstić information content (AvgIpc) is 2.86. The normalized spacial score (nSPS) is 14.8. The molecular weight excluding hydrogens is 450 g/mol. The third-order valence-electron chi connectivity index (χ3n) is 4.82. The van der Waals surface area contributed by atoms with Gasteiger partial charge in [-0.15, -0.1) is 0 Å². The van der Waals surface area contributed by atoms with Crippen LogP contribution in [-0.2, 0) is 25.5 Å². The molecule has 0 aliphatic rings. The highest BCUT2D eigenvalue weighted by Crippen LogP contribution is 2.15. The van der Waals surface area contributed by atoms with Crippen LogP contribution in [-0.4, -0.2) is 121 Å². The molecular formula is C23H37NO10. The van der Waals surface area contributed by atoms with Gasteiger partial charge < -0.3 is 49.4 Å². The van der Waals surface area contributed by atoms with Crippen molar-refractivity contribution in [2.45, 2.75) is 31.0 Å².